The normalized spacial score (nSPS) is 22.1. The van der Waals surface area contributed by atoms with E-state index in [9.17, 15) is 4.79 Å². The lowest BCUT2D eigenvalue weighted by Gasteiger charge is -2.23. The Morgan fingerprint density at radius 2 is 2.21 bits per heavy atom. The molecule has 2 N–H and O–H groups in total. The molecular formula is C14H19BrN2OS. The molecule has 104 valence electrons. The van der Waals surface area contributed by atoms with Crippen LogP contribution in [0.3, 0.4) is 0 Å². The molecule has 3 rings (SSSR count). The minimum atomic E-state index is 0.240. The van der Waals surface area contributed by atoms with Crippen molar-refractivity contribution in [1.29, 1.82) is 0 Å². The van der Waals surface area contributed by atoms with Crippen molar-refractivity contribution in [2.45, 2.75) is 38.1 Å². The Labute approximate surface area is 126 Å². The molecule has 1 saturated carbocycles. The molecule has 1 heterocycles. The van der Waals surface area contributed by atoms with Crippen LogP contribution >= 0.6 is 27.3 Å². The molecule has 0 aromatic carbocycles. The zero-order valence-electron chi connectivity index (χ0n) is 10.9. The van der Waals surface area contributed by atoms with Crippen LogP contribution in [0.4, 0.5) is 0 Å². The molecule has 1 amide bonds. The van der Waals surface area contributed by atoms with Crippen molar-refractivity contribution < 1.29 is 4.79 Å². The average Bonchev–Trinajstić information content (AvgIpc) is 3.16. The van der Waals surface area contributed by atoms with Crippen molar-refractivity contribution in [1.82, 2.24) is 10.6 Å². The number of rotatable bonds is 5. The smallest absolute Gasteiger partial charge is 0.223 e. The highest BCUT2D eigenvalue weighted by molar-refractivity contribution is 9.11. The van der Waals surface area contributed by atoms with E-state index >= 15 is 0 Å². The standard InChI is InChI=1S/C14H19BrN2OS/c15-13-8-10-11(2-1-3-12(10)19-13)16-6-7-17-14(18)9-4-5-9/h8-9,11,16H,1-7H2,(H,17,18). The molecule has 3 nitrogen and oxygen atoms in total. The first-order valence-electron chi connectivity index (χ1n) is 7.03. The molecule has 0 spiro atoms. The SMILES string of the molecule is O=C(NCCNC1CCCc2sc(Br)cc21)C1CC1. The zero-order chi connectivity index (χ0) is 13.2. The maximum Gasteiger partial charge on any atom is 0.223 e. The summed E-state index contributed by atoms with van der Waals surface area (Å²) >= 11 is 5.43. The summed E-state index contributed by atoms with van der Waals surface area (Å²) in [5, 5.41) is 6.58. The Kier molecular flexibility index (Phi) is 4.24. The summed E-state index contributed by atoms with van der Waals surface area (Å²) in [6.07, 6.45) is 5.82. The van der Waals surface area contributed by atoms with Crippen molar-refractivity contribution >= 4 is 33.2 Å². The highest BCUT2D eigenvalue weighted by atomic mass is 79.9. The predicted molar refractivity (Wildman–Crippen MR) is 81.4 cm³/mol. The second-order valence-electron chi connectivity index (χ2n) is 5.39. The molecule has 1 aromatic heterocycles. The summed E-state index contributed by atoms with van der Waals surface area (Å²) in [5.74, 6) is 0.554. The highest BCUT2D eigenvalue weighted by Gasteiger charge is 2.29. The van der Waals surface area contributed by atoms with E-state index in [-0.39, 0.29) is 5.91 Å². The molecule has 2 aliphatic rings. The topological polar surface area (TPSA) is 41.1 Å². The van der Waals surface area contributed by atoms with E-state index in [2.05, 4.69) is 32.6 Å². The van der Waals surface area contributed by atoms with Crippen molar-refractivity contribution in [2.75, 3.05) is 13.1 Å². The van der Waals surface area contributed by atoms with E-state index < -0.39 is 0 Å². The Bertz CT molecular complexity index is 470. The van der Waals surface area contributed by atoms with Gasteiger partial charge in [-0.25, -0.2) is 0 Å². The second kappa shape index (κ2) is 5.94. The van der Waals surface area contributed by atoms with Crippen molar-refractivity contribution in [2.24, 2.45) is 5.92 Å². The average molecular weight is 343 g/mol. The first-order chi connectivity index (χ1) is 9.24. The number of aryl methyl sites for hydroxylation is 1. The van der Waals surface area contributed by atoms with Gasteiger partial charge in [0.15, 0.2) is 0 Å². The van der Waals surface area contributed by atoms with E-state index in [1.165, 1.54) is 33.5 Å². The summed E-state index contributed by atoms with van der Waals surface area (Å²) in [4.78, 5) is 13.0. The Morgan fingerprint density at radius 3 is 3.00 bits per heavy atom. The summed E-state index contributed by atoms with van der Waals surface area (Å²) in [5.41, 5.74) is 1.46. The fourth-order valence-corrected chi connectivity index (χ4v) is 4.47. The van der Waals surface area contributed by atoms with Gasteiger partial charge >= 0.3 is 0 Å². The van der Waals surface area contributed by atoms with Crippen LogP contribution < -0.4 is 10.6 Å². The van der Waals surface area contributed by atoms with Crippen molar-refractivity contribution in [3.8, 4) is 0 Å². The molecule has 0 aliphatic heterocycles. The van der Waals surface area contributed by atoms with Gasteiger partial charge in [-0.2, -0.15) is 0 Å². The first-order valence-corrected chi connectivity index (χ1v) is 8.64. The van der Waals surface area contributed by atoms with Gasteiger partial charge in [0, 0.05) is 29.9 Å². The van der Waals surface area contributed by atoms with E-state index in [0.29, 0.717) is 12.0 Å². The van der Waals surface area contributed by atoms with Gasteiger partial charge in [0.2, 0.25) is 5.91 Å². The van der Waals surface area contributed by atoms with Gasteiger partial charge < -0.3 is 10.6 Å². The molecule has 1 atom stereocenters. The molecule has 1 aromatic rings. The van der Waals surface area contributed by atoms with Crippen LogP contribution in [0.2, 0.25) is 0 Å². The van der Waals surface area contributed by atoms with Gasteiger partial charge in [0.05, 0.1) is 3.79 Å². The van der Waals surface area contributed by atoms with E-state index in [1.54, 1.807) is 0 Å². The molecule has 0 saturated heterocycles. The van der Waals surface area contributed by atoms with Gasteiger partial charge in [0.1, 0.15) is 0 Å². The number of halogens is 1. The van der Waals surface area contributed by atoms with Gasteiger partial charge in [-0.3, -0.25) is 4.79 Å². The van der Waals surface area contributed by atoms with Crippen LogP contribution in [-0.2, 0) is 11.2 Å². The van der Waals surface area contributed by atoms with Crippen LogP contribution in [0.5, 0.6) is 0 Å². The number of thiophene rings is 1. The van der Waals surface area contributed by atoms with Gasteiger partial charge in [-0.15, -0.1) is 11.3 Å². The minimum absolute atomic E-state index is 0.240. The predicted octanol–water partition coefficient (Wildman–Crippen LogP) is 3.00. The van der Waals surface area contributed by atoms with Crippen molar-refractivity contribution in [3.05, 3.63) is 20.3 Å². The summed E-state index contributed by atoms with van der Waals surface area (Å²) in [7, 11) is 0. The highest BCUT2D eigenvalue weighted by Crippen LogP contribution is 2.37. The van der Waals surface area contributed by atoms with Crippen molar-refractivity contribution in [3.63, 3.8) is 0 Å². The zero-order valence-corrected chi connectivity index (χ0v) is 13.3. The molecule has 1 unspecified atom stereocenters. The van der Waals surface area contributed by atoms with E-state index in [1.807, 2.05) is 11.3 Å². The number of hydrogen-bond donors (Lipinski definition) is 2. The monoisotopic (exact) mass is 342 g/mol. The Hall–Kier alpha value is -0.390. The largest absolute Gasteiger partial charge is 0.355 e. The Morgan fingerprint density at radius 1 is 1.37 bits per heavy atom. The van der Waals surface area contributed by atoms with Crippen LogP contribution in [0.15, 0.2) is 9.85 Å². The third kappa shape index (κ3) is 3.38. The van der Waals surface area contributed by atoms with Crippen LogP contribution in [0.25, 0.3) is 0 Å². The Balaban J connectivity index is 1.46. The molecule has 0 radical (unpaired) electrons. The molecule has 0 bridgehead atoms. The number of amides is 1. The number of hydrogen-bond acceptors (Lipinski definition) is 3. The first kappa shape index (κ1) is 13.6. The maximum atomic E-state index is 11.5. The molecule has 19 heavy (non-hydrogen) atoms. The number of carbonyl (C=O) groups excluding carboxylic acids is 1. The molecule has 5 heteroatoms. The van der Waals surface area contributed by atoms with E-state index in [4.69, 9.17) is 0 Å². The minimum Gasteiger partial charge on any atom is -0.355 e. The van der Waals surface area contributed by atoms with E-state index in [0.717, 1.165) is 25.9 Å². The van der Waals surface area contributed by atoms with Crippen LogP contribution in [0.1, 0.15) is 42.2 Å². The lowest BCUT2D eigenvalue weighted by molar-refractivity contribution is -0.122. The number of fused-ring (bicyclic) bond motifs is 1. The van der Waals surface area contributed by atoms with Gasteiger partial charge in [-0.05, 0) is 59.7 Å². The third-order valence-electron chi connectivity index (χ3n) is 3.85. The van der Waals surface area contributed by atoms with Gasteiger partial charge in [-0.1, -0.05) is 0 Å². The fraction of sp³-hybridized carbons (Fsp3) is 0.643. The third-order valence-corrected chi connectivity index (χ3v) is 5.56. The molecule has 2 aliphatic carbocycles. The lowest BCUT2D eigenvalue weighted by atomic mass is 9.94. The second-order valence-corrected chi connectivity index (χ2v) is 7.91. The van der Waals surface area contributed by atoms with Crippen LogP contribution in [0, 0.1) is 5.92 Å². The molecule has 1 fully saturated rings. The summed E-state index contributed by atoms with van der Waals surface area (Å²) in [6, 6.07) is 2.71. The lowest BCUT2D eigenvalue weighted by Crippen LogP contribution is -2.35. The number of carbonyl (C=O) groups is 1. The van der Waals surface area contributed by atoms with Crippen LogP contribution in [-0.4, -0.2) is 19.0 Å². The summed E-state index contributed by atoms with van der Waals surface area (Å²) in [6.45, 7) is 1.60. The quantitative estimate of drug-likeness (QED) is 0.807. The maximum absolute atomic E-state index is 11.5. The summed E-state index contributed by atoms with van der Waals surface area (Å²) < 4.78 is 1.23. The number of nitrogens with one attached hydrogen (secondary N) is 2. The van der Waals surface area contributed by atoms with Gasteiger partial charge in [0.25, 0.3) is 0 Å². The fourth-order valence-electron chi connectivity index (χ4n) is 2.66. The molecular weight excluding hydrogens is 324 g/mol.